The molecule has 1 fully saturated rings. The minimum absolute atomic E-state index is 0.101. The van der Waals surface area contributed by atoms with Crippen molar-refractivity contribution < 1.29 is 14.1 Å². The first kappa shape index (κ1) is 20.4. The van der Waals surface area contributed by atoms with Gasteiger partial charge in [-0.2, -0.15) is 0 Å². The van der Waals surface area contributed by atoms with Gasteiger partial charge in [0.05, 0.1) is 24.5 Å². The molecule has 1 saturated heterocycles. The summed E-state index contributed by atoms with van der Waals surface area (Å²) in [6.45, 7) is 6.63. The fraction of sp³-hybridized carbons (Fsp3) is 0.292. The molecule has 1 N–H and O–H groups in total. The lowest BCUT2D eigenvalue weighted by Crippen LogP contribution is -2.41. The highest BCUT2D eigenvalue weighted by Gasteiger charge is 2.19. The Bertz CT molecular complexity index is 1230. The smallest absolute Gasteiger partial charge is 0.251 e. The molecule has 4 aromatic rings. The Morgan fingerprint density at radius 3 is 2.78 bits per heavy atom. The summed E-state index contributed by atoms with van der Waals surface area (Å²) in [4.78, 5) is 19.7. The quantitative estimate of drug-likeness (QED) is 0.505. The summed E-state index contributed by atoms with van der Waals surface area (Å²) in [5.74, 6) is 0.602. The highest BCUT2D eigenvalue weighted by molar-refractivity contribution is 5.95. The fourth-order valence-electron chi connectivity index (χ4n) is 3.96. The Morgan fingerprint density at radius 1 is 1.16 bits per heavy atom. The molecule has 0 unspecified atom stereocenters. The summed E-state index contributed by atoms with van der Waals surface area (Å²) in [6, 6.07) is 13.5. The number of imidazole rings is 1. The molecule has 3 aromatic heterocycles. The summed E-state index contributed by atoms with van der Waals surface area (Å²) in [7, 11) is 0. The van der Waals surface area contributed by atoms with Crippen LogP contribution in [0.25, 0.3) is 28.2 Å². The van der Waals surface area contributed by atoms with Gasteiger partial charge in [0.15, 0.2) is 0 Å². The number of rotatable bonds is 6. The largest absolute Gasteiger partial charge is 0.379 e. The predicted molar refractivity (Wildman–Crippen MR) is 120 cm³/mol. The third-order valence-electron chi connectivity index (χ3n) is 5.71. The summed E-state index contributed by atoms with van der Waals surface area (Å²) in [5.41, 5.74) is 4.62. The number of ether oxygens (including phenoxy) is 1. The summed E-state index contributed by atoms with van der Waals surface area (Å²) >= 11 is 0. The maximum Gasteiger partial charge on any atom is 0.251 e. The molecular weight excluding hydrogens is 406 g/mol. The molecule has 1 aliphatic rings. The molecule has 8 nitrogen and oxygen atoms in total. The molecule has 5 rings (SSSR count). The first-order chi connectivity index (χ1) is 15.7. The SMILES string of the molecule is Cc1onc(-c2ccccc2)c1-c1cn2ccc(C(=O)NCCN3CCOCC3)cc2n1. The maximum absolute atomic E-state index is 12.6. The van der Waals surface area contributed by atoms with E-state index in [1.165, 1.54) is 0 Å². The van der Waals surface area contributed by atoms with E-state index in [0.717, 1.165) is 55.4 Å². The lowest BCUT2D eigenvalue weighted by molar-refractivity contribution is 0.0383. The van der Waals surface area contributed by atoms with E-state index in [2.05, 4.69) is 15.4 Å². The van der Waals surface area contributed by atoms with E-state index in [9.17, 15) is 4.79 Å². The zero-order chi connectivity index (χ0) is 21.9. The van der Waals surface area contributed by atoms with Crippen LogP contribution in [0, 0.1) is 6.92 Å². The van der Waals surface area contributed by atoms with Crippen LogP contribution in [-0.2, 0) is 4.74 Å². The van der Waals surface area contributed by atoms with E-state index in [0.29, 0.717) is 23.5 Å². The maximum atomic E-state index is 12.6. The average molecular weight is 431 g/mol. The van der Waals surface area contributed by atoms with Crippen molar-refractivity contribution in [1.29, 1.82) is 0 Å². The van der Waals surface area contributed by atoms with Gasteiger partial charge in [0.25, 0.3) is 5.91 Å². The molecule has 0 spiro atoms. The first-order valence-corrected chi connectivity index (χ1v) is 10.8. The molecule has 1 aromatic carbocycles. The van der Waals surface area contributed by atoms with Crippen molar-refractivity contribution in [1.82, 2.24) is 24.8 Å². The lowest BCUT2D eigenvalue weighted by Gasteiger charge is -2.26. The summed E-state index contributed by atoms with van der Waals surface area (Å²) in [5, 5.41) is 7.25. The van der Waals surface area contributed by atoms with Crippen molar-refractivity contribution in [3.05, 3.63) is 66.2 Å². The van der Waals surface area contributed by atoms with E-state index in [-0.39, 0.29) is 5.91 Å². The van der Waals surface area contributed by atoms with Crippen molar-refractivity contribution in [3.8, 4) is 22.5 Å². The first-order valence-electron chi connectivity index (χ1n) is 10.8. The van der Waals surface area contributed by atoms with E-state index in [1.807, 2.05) is 54.0 Å². The van der Waals surface area contributed by atoms with Gasteiger partial charge < -0.3 is 19.0 Å². The van der Waals surface area contributed by atoms with Crippen LogP contribution in [0.5, 0.6) is 0 Å². The minimum atomic E-state index is -0.101. The second-order valence-electron chi connectivity index (χ2n) is 7.85. The zero-order valence-corrected chi connectivity index (χ0v) is 18.0. The molecule has 164 valence electrons. The molecular formula is C24H25N5O3. The molecule has 4 heterocycles. The molecule has 0 bridgehead atoms. The zero-order valence-electron chi connectivity index (χ0n) is 18.0. The van der Waals surface area contributed by atoms with Gasteiger partial charge in [0, 0.05) is 49.7 Å². The minimum Gasteiger partial charge on any atom is -0.379 e. The number of carbonyl (C=O) groups is 1. The summed E-state index contributed by atoms with van der Waals surface area (Å²) < 4.78 is 12.7. The second kappa shape index (κ2) is 8.94. The van der Waals surface area contributed by atoms with Gasteiger partial charge in [0.2, 0.25) is 0 Å². The lowest BCUT2D eigenvalue weighted by atomic mass is 10.0. The number of benzene rings is 1. The van der Waals surface area contributed by atoms with Crippen molar-refractivity contribution in [3.63, 3.8) is 0 Å². The van der Waals surface area contributed by atoms with Crippen LogP contribution in [-0.4, -0.2) is 64.7 Å². The van der Waals surface area contributed by atoms with Gasteiger partial charge in [-0.3, -0.25) is 9.69 Å². The molecule has 1 amide bonds. The monoisotopic (exact) mass is 431 g/mol. The van der Waals surface area contributed by atoms with E-state index in [1.54, 1.807) is 12.1 Å². The van der Waals surface area contributed by atoms with Gasteiger partial charge in [-0.1, -0.05) is 35.5 Å². The summed E-state index contributed by atoms with van der Waals surface area (Å²) in [6.07, 6.45) is 3.79. The number of pyridine rings is 1. The third kappa shape index (κ3) is 4.15. The standard InChI is InChI=1S/C24H25N5O3/c1-17-22(23(27-32-17)18-5-3-2-4-6-18)20-16-29-9-7-19(15-21(29)26-20)24(30)25-8-10-28-11-13-31-14-12-28/h2-7,9,15-16H,8,10-14H2,1H3,(H,25,30). The van der Waals surface area contributed by atoms with E-state index < -0.39 is 0 Å². The van der Waals surface area contributed by atoms with E-state index in [4.69, 9.17) is 14.2 Å². The number of aryl methyl sites for hydroxylation is 1. The molecule has 32 heavy (non-hydrogen) atoms. The number of fused-ring (bicyclic) bond motifs is 1. The number of morpholine rings is 1. The number of nitrogens with one attached hydrogen (secondary N) is 1. The third-order valence-corrected chi connectivity index (χ3v) is 5.71. The van der Waals surface area contributed by atoms with Gasteiger partial charge >= 0.3 is 0 Å². The van der Waals surface area contributed by atoms with Crippen LogP contribution >= 0.6 is 0 Å². The highest BCUT2D eigenvalue weighted by Crippen LogP contribution is 2.33. The highest BCUT2D eigenvalue weighted by atomic mass is 16.5. The van der Waals surface area contributed by atoms with Gasteiger partial charge in [-0.05, 0) is 19.1 Å². The Hall–Kier alpha value is -3.49. The van der Waals surface area contributed by atoms with Crippen molar-refractivity contribution in [2.24, 2.45) is 0 Å². The Morgan fingerprint density at radius 2 is 1.97 bits per heavy atom. The van der Waals surface area contributed by atoms with Crippen LogP contribution in [0.15, 0.2) is 59.4 Å². The van der Waals surface area contributed by atoms with Crippen LogP contribution in [0.4, 0.5) is 0 Å². The number of hydrogen-bond acceptors (Lipinski definition) is 6. The molecule has 0 aliphatic carbocycles. The second-order valence-corrected chi connectivity index (χ2v) is 7.85. The van der Waals surface area contributed by atoms with Crippen LogP contribution in [0.2, 0.25) is 0 Å². The molecule has 0 atom stereocenters. The van der Waals surface area contributed by atoms with Crippen LogP contribution < -0.4 is 5.32 Å². The normalized spacial score (nSPS) is 14.7. The fourth-order valence-corrected chi connectivity index (χ4v) is 3.96. The topological polar surface area (TPSA) is 84.9 Å². The number of carbonyl (C=O) groups excluding carboxylic acids is 1. The molecule has 8 heteroatoms. The van der Waals surface area contributed by atoms with Crippen molar-refractivity contribution in [2.75, 3.05) is 39.4 Å². The Kier molecular flexibility index (Phi) is 5.70. The number of nitrogens with zero attached hydrogens (tertiary/aromatic N) is 4. The van der Waals surface area contributed by atoms with Crippen LogP contribution in [0.1, 0.15) is 16.1 Å². The van der Waals surface area contributed by atoms with Crippen molar-refractivity contribution >= 4 is 11.6 Å². The van der Waals surface area contributed by atoms with Crippen LogP contribution in [0.3, 0.4) is 0 Å². The molecule has 1 aliphatic heterocycles. The van der Waals surface area contributed by atoms with Gasteiger partial charge in [0.1, 0.15) is 17.1 Å². The Labute approximate surface area is 185 Å². The van der Waals surface area contributed by atoms with E-state index >= 15 is 0 Å². The number of amides is 1. The van der Waals surface area contributed by atoms with Gasteiger partial charge in [-0.25, -0.2) is 4.98 Å². The van der Waals surface area contributed by atoms with Gasteiger partial charge in [-0.15, -0.1) is 0 Å². The average Bonchev–Trinajstić information content (AvgIpc) is 3.42. The number of aromatic nitrogens is 3. The predicted octanol–water partition coefficient (Wildman–Crippen LogP) is 3.03. The molecule has 0 saturated carbocycles. The molecule has 0 radical (unpaired) electrons. The number of hydrogen-bond donors (Lipinski definition) is 1. The Balaban J connectivity index is 1.35. The van der Waals surface area contributed by atoms with Crippen molar-refractivity contribution in [2.45, 2.75) is 6.92 Å².